The summed E-state index contributed by atoms with van der Waals surface area (Å²) in [6.07, 6.45) is 1.81. The largest absolute Gasteiger partial charge is 0.325 e. The maximum absolute atomic E-state index is 12.4. The number of carbonyl (C=O) groups is 1. The Balaban J connectivity index is 1.73. The minimum atomic E-state index is -0.0674. The Hall–Kier alpha value is -2.86. The van der Waals surface area contributed by atoms with Gasteiger partial charge in [-0.2, -0.15) is 0 Å². The lowest BCUT2D eigenvalue weighted by molar-refractivity contribution is -0.113. The summed E-state index contributed by atoms with van der Waals surface area (Å²) in [7, 11) is 0. The molecule has 1 N–H and O–H groups in total. The summed E-state index contributed by atoms with van der Waals surface area (Å²) in [5.74, 6) is 0.972. The van der Waals surface area contributed by atoms with Gasteiger partial charge in [0.05, 0.1) is 5.75 Å². The maximum atomic E-state index is 12.4. The second-order valence-electron chi connectivity index (χ2n) is 6.73. The fourth-order valence-electron chi connectivity index (χ4n) is 2.96. The van der Waals surface area contributed by atoms with Crippen LogP contribution >= 0.6 is 11.8 Å². The summed E-state index contributed by atoms with van der Waals surface area (Å²) in [5, 5.41) is 12.3. The van der Waals surface area contributed by atoms with Crippen LogP contribution in [-0.2, 0) is 11.3 Å². The predicted octanol–water partition coefficient (Wildman–Crippen LogP) is 4.79. The molecule has 0 saturated carbocycles. The van der Waals surface area contributed by atoms with Crippen molar-refractivity contribution >= 4 is 23.4 Å². The minimum Gasteiger partial charge on any atom is -0.325 e. The number of carbonyl (C=O) groups excluding carboxylic acids is 1. The van der Waals surface area contributed by atoms with Gasteiger partial charge in [-0.25, -0.2) is 0 Å². The number of rotatable bonds is 7. The van der Waals surface area contributed by atoms with E-state index in [1.54, 1.807) is 0 Å². The summed E-state index contributed by atoms with van der Waals surface area (Å²) >= 11 is 1.37. The van der Waals surface area contributed by atoms with Crippen molar-refractivity contribution in [3.05, 3.63) is 71.8 Å². The zero-order chi connectivity index (χ0) is 20.1. The lowest BCUT2D eigenvalue weighted by atomic mass is 10.1. The number of nitrogens with zero attached hydrogens (tertiary/aromatic N) is 3. The lowest BCUT2D eigenvalue weighted by Gasteiger charge is -2.10. The first-order chi connectivity index (χ1) is 13.5. The highest BCUT2D eigenvalue weighted by Crippen LogP contribution is 2.25. The first kappa shape index (κ1) is 19.9. The molecular formula is C22H24N4OS. The van der Waals surface area contributed by atoms with E-state index in [1.165, 1.54) is 17.3 Å². The lowest BCUT2D eigenvalue weighted by Crippen LogP contribution is -2.15. The third-order valence-corrected chi connectivity index (χ3v) is 5.26. The smallest absolute Gasteiger partial charge is 0.234 e. The quantitative estimate of drug-likeness (QED) is 0.464. The van der Waals surface area contributed by atoms with E-state index in [1.807, 2.05) is 61.7 Å². The first-order valence-corrected chi connectivity index (χ1v) is 10.1. The standard InChI is InChI=1S/C22H24N4OS/c1-5-11-26-21(18-8-6-7-15(2)13-18)24-25-22(26)28-14-20(27)23-19-10-9-16(3)12-17(19)4/h5-10,12-13H,1,11,14H2,2-4H3,(H,23,27). The number of thioether (sulfide) groups is 1. The van der Waals surface area contributed by atoms with Crippen molar-refractivity contribution < 1.29 is 4.79 Å². The molecule has 0 radical (unpaired) electrons. The van der Waals surface area contributed by atoms with Crippen LogP contribution < -0.4 is 5.32 Å². The van der Waals surface area contributed by atoms with E-state index in [-0.39, 0.29) is 11.7 Å². The maximum Gasteiger partial charge on any atom is 0.234 e. The van der Waals surface area contributed by atoms with Crippen molar-refractivity contribution in [3.63, 3.8) is 0 Å². The van der Waals surface area contributed by atoms with E-state index in [9.17, 15) is 4.79 Å². The second-order valence-corrected chi connectivity index (χ2v) is 7.67. The molecule has 0 aliphatic rings. The van der Waals surface area contributed by atoms with Gasteiger partial charge in [0.25, 0.3) is 0 Å². The molecule has 1 aromatic heterocycles. The molecule has 0 aliphatic carbocycles. The van der Waals surface area contributed by atoms with Gasteiger partial charge < -0.3 is 5.32 Å². The van der Waals surface area contributed by atoms with Gasteiger partial charge in [0.2, 0.25) is 5.91 Å². The van der Waals surface area contributed by atoms with Crippen LogP contribution in [-0.4, -0.2) is 26.4 Å². The van der Waals surface area contributed by atoms with Crippen LogP contribution in [0.15, 0.2) is 60.3 Å². The third-order valence-electron chi connectivity index (χ3n) is 4.29. The van der Waals surface area contributed by atoms with Crippen molar-refractivity contribution in [1.82, 2.24) is 14.8 Å². The number of nitrogens with one attached hydrogen (secondary N) is 1. The molecule has 3 rings (SSSR count). The van der Waals surface area contributed by atoms with Crippen LogP contribution in [0.2, 0.25) is 0 Å². The normalized spacial score (nSPS) is 10.7. The van der Waals surface area contributed by atoms with Crippen molar-refractivity contribution in [1.29, 1.82) is 0 Å². The zero-order valence-corrected chi connectivity index (χ0v) is 17.2. The van der Waals surface area contributed by atoms with E-state index < -0.39 is 0 Å². The van der Waals surface area contributed by atoms with Gasteiger partial charge in [-0.15, -0.1) is 16.8 Å². The Morgan fingerprint density at radius 3 is 2.64 bits per heavy atom. The van der Waals surface area contributed by atoms with Gasteiger partial charge in [-0.1, -0.05) is 59.3 Å². The van der Waals surface area contributed by atoms with Gasteiger partial charge in [0, 0.05) is 17.8 Å². The Bertz CT molecular complexity index is 1010. The Labute approximate surface area is 169 Å². The summed E-state index contributed by atoms with van der Waals surface area (Å²) in [5.41, 5.74) is 5.22. The highest BCUT2D eigenvalue weighted by molar-refractivity contribution is 7.99. The molecule has 28 heavy (non-hydrogen) atoms. The molecule has 0 spiro atoms. The van der Waals surface area contributed by atoms with Crippen molar-refractivity contribution in [3.8, 4) is 11.4 Å². The molecule has 0 saturated heterocycles. The zero-order valence-electron chi connectivity index (χ0n) is 16.4. The topological polar surface area (TPSA) is 59.8 Å². The Morgan fingerprint density at radius 1 is 1.14 bits per heavy atom. The summed E-state index contributed by atoms with van der Waals surface area (Å²) in [4.78, 5) is 12.4. The molecule has 0 unspecified atom stereocenters. The van der Waals surface area contributed by atoms with Gasteiger partial charge >= 0.3 is 0 Å². The molecule has 0 atom stereocenters. The van der Waals surface area contributed by atoms with Crippen LogP contribution in [0.1, 0.15) is 16.7 Å². The van der Waals surface area contributed by atoms with Gasteiger partial charge in [-0.3, -0.25) is 9.36 Å². The molecule has 0 bridgehead atoms. The number of hydrogen-bond donors (Lipinski definition) is 1. The van der Waals surface area contributed by atoms with Crippen LogP contribution in [0.5, 0.6) is 0 Å². The van der Waals surface area contributed by atoms with Crippen molar-refractivity contribution in [2.45, 2.75) is 32.5 Å². The SMILES string of the molecule is C=CCn1c(SCC(=O)Nc2ccc(C)cc2C)nnc1-c1cccc(C)c1. The molecular weight excluding hydrogens is 368 g/mol. The van der Waals surface area contributed by atoms with Crippen LogP contribution in [0.3, 0.4) is 0 Å². The molecule has 2 aromatic carbocycles. The summed E-state index contributed by atoms with van der Waals surface area (Å²) in [6.45, 7) is 10.5. The van der Waals surface area contributed by atoms with Gasteiger partial charge in [0.15, 0.2) is 11.0 Å². The molecule has 1 heterocycles. The Morgan fingerprint density at radius 2 is 1.93 bits per heavy atom. The fraction of sp³-hybridized carbons (Fsp3) is 0.227. The van der Waals surface area contributed by atoms with Crippen LogP contribution in [0.25, 0.3) is 11.4 Å². The molecule has 1 amide bonds. The van der Waals surface area contributed by atoms with E-state index in [0.717, 1.165) is 28.2 Å². The van der Waals surface area contributed by atoms with Gasteiger partial charge in [0.1, 0.15) is 0 Å². The average molecular weight is 393 g/mol. The third kappa shape index (κ3) is 4.70. The van der Waals surface area contributed by atoms with Crippen molar-refractivity contribution in [2.75, 3.05) is 11.1 Å². The fourth-order valence-corrected chi connectivity index (χ4v) is 3.70. The number of allylic oxidation sites excluding steroid dienone is 1. The predicted molar refractivity (Wildman–Crippen MR) is 116 cm³/mol. The number of amides is 1. The second kappa shape index (κ2) is 8.89. The number of aromatic nitrogens is 3. The van der Waals surface area contributed by atoms with E-state index in [0.29, 0.717) is 11.7 Å². The molecule has 0 aliphatic heterocycles. The van der Waals surface area contributed by atoms with Crippen LogP contribution in [0, 0.1) is 20.8 Å². The highest BCUT2D eigenvalue weighted by atomic mass is 32.2. The molecule has 5 nitrogen and oxygen atoms in total. The molecule has 6 heteroatoms. The van der Waals surface area contributed by atoms with E-state index in [4.69, 9.17) is 0 Å². The summed E-state index contributed by atoms with van der Waals surface area (Å²) in [6, 6.07) is 14.1. The minimum absolute atomic E-state index is 0.0674. The number of anilines is 1. The van der Waals surface area contributed by atoms with Crippen molar-refractivity contribution in [2.24, 2.45) is 0 Å². The number of benzene rings is 2. The summed E-state index contributed by atoms with van der Waals surface area (Å²) < 4.78 is 1.98. The monoisotopic (exact) mass is 392 g/mol. The molecule has 0 fully saturated rings. The first-order valence-electron chi connectivity index (χ1n) is 9.09. The van der Waals surface area contributed by atoms with Gasteiger partial charge in [-0.05, 0) is 38.5 Å². The van der Waals surface area contributed by atoms with E-state index in [2.05, 4.69) is 34.2 Å². The molecule has 144 valence electrons. The Kier molecular flexibility index (Phi) is 6.31. The number of aryl methyl sites for hydroxylation is 3. The average Bonchev–Trinajstić information content (AvgIpc) is 3.05. The molecule has 3 aromatic rings. The number of hydrogen-bond acceptors (Lipinski definition) is 4. The van der Waals surface area contributed by atoms with Crippen LogP contribution in [0.4, 0.5) is 5.69 Å². The van der Waals surface area contributed by atoms with E-state index >= 15 is 0 Å². The highest BCUT2D eigenvalue weighted by Gasteiger charge is 2.15.